The van der Waals surface area contributed by atoms with Gasteiger partial charge in [0.1, 0.15) is 11.4 Å². The predicted octanol–water partition coefficient (Wildman–Crippen LogP) is 1.97. The van der Waals surface area contributed by atoms with Crippen molar-refractivity contribution in [2.75, 3.05) is 26.2 Å². The third-order valence-electron chi connectivity index (χ3n) is 4.36. The summed E-state index contributed by atoms with van der Waals surface area (Å²) >= 11 is 0. The van der Waals surface area contributed by atoms with Crippen molar-refractivity contribution in [1.29, 1.82) is 0 Å². The zero-order valence-corrected chi connectivity index (χ0v) is 17.9. The van der Waals surface area contributed by atoms with Crippen LogP contribution in [0.1, 0.15) is 45.3 Å². The number of aliphatic hydroxyl groups is 1. The SMILES string of the molecule is CCNC(=NCC(C)(O)c1ccco1)NCCCNC(=O)C1CCC1.I. The normalized spacial score (nSPS) is 16.8. The van der Waals surface area contributed by atoms with Gasteiger partial charge in [0, 0.05) is 25.6 Å². The van der Waals surface area contributed by atoms with Crippen LogP contribution in [0.2, 0.25) is 0 Å². The minimum atomic E-state index is -1.15. The summed E-state index contributed by atoms with van der Waals surface area (Å²) < 4.78 is 5.26. The number of furan rings is 1. The van der Waals surface area contributed by atoms with E-state index in [1.165, 1.54) is 12.7 Å². The van der Waals surface area contributed by atoms with E-state index in [4.69, 9.17) is 4.42 Å². The van der Waals surface area contributed by atoms with E-state index < -0.39 is 5.60 Å². The van der Waals surface area contributed by atoms with Crippen LogP contribution in [0.5, 0.6) is 0 Å². The predicted molar refractivity (Wildman–Crippen MR) is 113 cm³/mol. The van der Waals surface area contributed by atoms with Gasteiger partial charge in [-0.3, -0.25) is 4.79 Å². The van der Waals surface area contributed by atoms with E-state index in [0.29, 0.717) is 24.8 Å². The Morgan fingerprint density at radius 2 is 2.08 bits per heavy atom. The summed E-state index contributed by atoms with van der Waals surface area (Å²) in [5, 5.41) is 19.8. The average Bonchev–Trinajstić information content (AvgIpc) is 3.05. The Labute approximate surface area is 172 Å². The van der Waals surface area contributed by atoms with Crippen LogP contribution >= 0.6 is 24.0 Å². The summed E-state index contributed by atoms with van der Waals surface area (Å²) in [6, 6.07) is 3.48. The summed E-state index contributed by atoms with van der Waals surface area (Å²) in [4.78, 5) is 16.2. The van der Waals surface area contributed by atoms with Gasteiger partial charge in [0.05, 0.1) is 12.8 Å². The molecular weight excluding hydrogens is 447 g/mol. The molecule has 148 valence electrons. The van der Waals surface area contributed by atoms with Crippen LogP contribution in [-0.4, -0.2) is 43.2 Å². The molecule has 1 heterocycles. The number of hydrogen-bond donors (Lipinski definition) is 4. The number of nitrogens with zero attached hydrogens (tertiary/aromatic N) is 1. The molecule has 1 aromatic rings. The molecule has 0 aromatic carbocycles. The Bertz CT molecular complexity index is 557. The number of aliphatic imine (C=N–C) groups is 1. The zero-order valence-electron chi connectivity index (χ0n) is 15.6. The third-order valence-corrected chi connectivity index (χ3v) is 4.36. The van der Waals surface area contributed by atoms with Gasteiger partial charge >= 0.3 is 0 Å². The van der Waals surface area contributed by atoms with E-state index in [9.17, 15) is 9.90 Å². The Morgan fingerprint density at radius 1 is 1.35 bits per heavy atom. The van der Waals surface area contributed by atoms with Gasteiger partial charge in [-0.1, -0.05) is 6.42 Å². The number of amides is 1. The number of rotatable bonds is 9. The molecule has 1 aliphatic carbocycles. The molecule has 1 unspecified atom stereocenters. The van der Waals surface area contributed by atoms with Gasteiger partial charge in [0.15, 0.2) is 5.96 Å². The zero-order chi connectivity index (χ0) is 18.1. The van der Waals surface area contributed by atoms with E-state index in [1.54, 1.807) is 19.1 Å². The fourth-order valence-corrected chi connectivity index (χ4v) is 2.56. The molecule has 0 bridgehead atoms. The first-order chi connectivity index (χ1) is 12.0. The first-order valence-electron chi connectivity index (χ1n) is 9.09. The molecule has 0 radical (unpaired) electrons. The maximum atomic E-state index is 11.7. The molecule has 26 heavy (non-hydrogen) atoms. The van der Waals surface area contributed by atoms with Gasteiger partial charge in [0.2, 0.25) is 5.91 Å². The molecule has 1 saturated carbocycles. The van der Waals surface area contributed by atoms with Gasteiger partial charge in [0.25, 0.3) is 0 Å². The third kappa shape index (κ3) is 7.14. The second kappa shape index (κ2) is 11.4. The first kappa shape index (κ1) is 22.8. The summed E-state index contributed by atoms with van der Waals surface area (Å²) in [6.07, 6.45) is 5.57. The highest BCUT2D eigenvalue weighted by molar-refractivity contribution is 14.0. The maximum Gasteiger partial charge on any atom is 0.223 e. The summed E-state index contributed by atoms with van der Waals surface area (Å²) in [7, 11) is 0. The Hall–Kier alpha value is -1.29. The van der Waals surface area contributed by atoms with Crippen LogP contribution in [0.25, 0.3) is 0 Å². The fourth-order valence-electron chi connectivity index (χ4n) is 2.56. The lowest BCUT2D eigenvalue weighted by Crippen LogP contribution is -2.40. The van der Waals surface area contributed by atoms with E-state index in [1.807, 2.05) is 6.92 Å². The topological polar surface area (TPSA) is 98.9 Å². The first-order valence-corrected chi connectivity index (χ1v) is 9.09. The van der Waals surface area contributed by atoms with Gasteiger partial charge in [-0.2, -0.15) is 0 Å². The molecule has 1 amide bonds. The van der Waals surface area contributed by atoms with Crippen molar-refractivity contribution in [2.45, 2.75) is 45.1 Å². The number of halogens is 1. The minimum Gasteiger partial charge on any atom is -0.466 e. The monoisotopic (exact) mass is 478 g/mol. The lowest BCUT2D eigenvalue weighted by molar-refractivity contribution is -0.127. The molecule has 1 atom stereocenters. The van der Waals surface area contributed by atoms with Crippen LogP contribution in [0.15, 0.2) is 27.8 Å². The molecule has 0 spiro atoms. The van der Waals surface area contributed by atoms with Gasteiger partial charge in [-0.25, -0.2) is 4.99 Å². The van der Waals surface area contributed by atoms with Gasteiger partial charge in [-0.15, -0.1) is 24.0 Å². The van der Waals surface area contributed by atoms with E-state index in [0.717, 1.165) is 25.8 Å². The van der Waals surface area contributed by atoms with Crippen LogP contribution in [-0.2, 0) is 10.4 Å². The molecule has 8 heteroatoms. The summed E-state index contributed by atoms with van der Waals surface area (Å²) in [5.74, 6) is 1.54. The van der Waals surface area contributed by atoms with Crippen LogP contribution < -0.4 is 16.0 Å². The lowest BCUT2D eigenvalue weighted by atomic mass is 9.85. The Balaban J connectivity index is 0.00000338. The molecule has 1 aliphatic rings. The van der Waals surface area contributed by atoms with Gasteiger partial charge < -0.3 is 25.5 Å². The molecule has 7 nitrogen and oxygen atoms in total. The van der Waals surface area contributed by atoms with Crippen LogP contribution in [0.3, 0.4) is 0 Å². The molecule has 0 saturated heterocycles. The summed E-state index contributed by atoms with van der Waals surface area (Å²) in [5.41, 5.74) is -1.15. The highest BCUT2D eigenvalue weighted by Crippen LogP contribution is 2.26. The second-order valence-electron chi connectivity index (χ2n) is 6.65. The van der Waals surface area contributed by atoms with E-state index in [-0.39, 0.29) is 42.3 Å². The van der Waals surface area contributed by atoms with E-state index >= 15 is 0 Å². The summed E-state index contributed by atoms with van der Waals surface area (Å²) in [6.45, 7) is 5.93. The quantitative estimate of drug-likeness (QED) is 0.188. The molecule has 1 fully saturated rings. The van der Waals surface area contributed by atoms with Crippen molar-refractivity contribution in [3.8, 4) is 0 Å². The second-order valence-corrected chi connectivity index (χ2v) is 6.65. The van der Waals surface area contributed by atoms with Crippen molar-refractivity contribution in [3.63, 3.8) is 0 Å². The van der Waals surface area contributed by atoms with Gasteiger partial charge in [-0.05, 0) is 45.2 Å². The highest BCUT2D eigenvalue weighted by Gasteiger charge is 2.26. The number of hydrogen-bond acceptors (Lipinski definition) is 4. The average molecular weight is 478 g/mol. The molecular formula is C18H31IN4O3. The molecule has 4 N–H and O–H groups in total. The van der Waals surface area contributed by atoms with Crippen LogP contribution in [0, 0.1) is 5.92 Å². The molecule has 1 aromatic heterocycles. The largest absolute Gasteiger partial charge is 0.466 e. The molecule has 2 rings (SSSR count). The maximum absolute atomic E-state index is 11.7. The lowest BCUT2D eigenvalue weighted by Gasteiger charge is -2.24. The van der Waals surface area contributed by atoms with Crippen molar-refractivity contribution < 1.29 is 14.3 Å². The molecule has 0 aliphatic heterocycles. The van der Waals surface area contributed by atoms with Crippen LogP contribution in [0.4, 0.5) is 0 Å². The Kier molecular flexibility index (Phi) is 10.0. The number of carbonyl (C=O) groups is 1. The smallest absolute Gasteiger partial charge is 0.223 e. The number of guanidine groups is 1. The Morgan fingerprint density at radius 3 is 2.65 bits per heavy atom. The van der Waals surface area contributed by atoms with Crippen molar-refractivity contribution in [1.82, 2.24) is 16.0 Å². The van der Waals surface area contributed by atoms with E-state index in [2.05, 4.69) is 20.9 Å². The number of carbonyl (C=O) groups excluding carboxylic acids is 1. The van der Waals surface area contributed by atoms with Crippen molar-refractivity contribution >= 4 is 35.8 Å². The minimum absolute atomic E-state index is 0. The standard InChI is InChI=1S/C18H30N4O3.HI/c1-3-19-17(22-13-18(2,24)15-9-5-12-25-15)21-11-6-10-20-16(23)14-7-4-8-14;/h5,9,12,14,24H,3-4,6-8,10-11,13H2,1-2H3,(H,20,23)(H2,19,21,22);1H. The van der Waals surface area contributed by atoms with Crippen molar-refractivity contribution in [2.24, 2.45) is 10.9 Å². The van der Waals surface area contributed by atoms with Crippen molar-refractivity contribution in [3.05, 3.63) is 24.2 Å². The number of nitrogens with one attached hydrogen (secondary N) is 3. The fraction of sp³-hybridized carbons (Fsp3) is 0.667. The highest BCUT2D eigenvalue weighted by atomic mass is 127.